The predicted octanol–water partition coefficient (Wildman–Crippen LogP) is 6.81. The first-order valence-electron chi connectivity index (χ1n) is 9.35. The average Bonchev–Trinajstić information content (AvgIpc) is 2.72. The van der Waals surface area contributed by atoms with Crippen molar-refractivity contribution in [1.82, 2.24) is 0 Å². The van der Waals surface area contributed by atoms with Crippen molar-refractivity contribution in [2.45, 2.75) is 31.6 Å². The van der Waals surface area contributed by atoms with Gasteiger partial charge in [0.1, 0.15) is 17.4 Å². The second kappa shape index (κ2) is 8.87. The maximum Gasteiger partial charge on any atom is 0.165 e. The number of benzene rings is 3. The molecule has 0 heterocycles. The van der Waals surface area contributed by atoms with Crippen molar-refractivity contribution in [2.75, 3.05) is 0 Å². The van der Waals surface area contributed by atoms with Crippen LogP contribution in [-0.2, 0) is 11.8 Å². The van der Waals surface area contributed by atoms with Crippen LogP contribution in [0.5, 0.6) is 11.5 Å². The highest BCUT2D eigenvalue weighted by Crippen LogP contribution is 2.30. The van der Waals surface area contributed by atoms with E-state index >= 15 is 0 Å². The van der Waals surface area contributed by atoms with E-state index < -0.39 is 11.2 Å². The third-order valence-electron chi connectivity index (χ3n) is 4.98. The Bertz CT molecular complexity index is 1000. The summed E-state index contributed by atoms with van der Waals surface area (Å²) in [5.41, 5.74) is 1.28. The van der Waals surface area contributed by atoms with E-state index in [0.29, 0.717) is 18.6 Å². The molecule has 0 N–H and O–H groups in total. The highest BCUT2D eigenvalue weighted by Gasteiger charge is 2.23. The van der Waals surface area contributed by atoms with Crippen molar-refractivity contribution in [3.8, 4) is 23.8 Å². The Balaban J connectivity index is 1.66. The Hall–Kier alpha value is -3.19. The minimum atomic E-state index is -0.513. The molecule has 1 unspecified atom stereocenters. The van der Waals surface area contributed by atoms with Gasteiger partial charge in [0.25, 0.3) is 0 Å². The quantitative estimate of drug-likeness (QED) is 0.400. The zero-order chi connectivity index (χ0) is 20.9. The van der Waals surface area contributed by atoms with Crippen LogP contribution in [0.1, 0.15) is 30.9 Å². The molecule has 3 aromatic carbocycles. The number of terminal acetylenes is 1. The fourth-order valence-electron chi connectivity index (χ4n) is 3.17. The molecule has 1 atom stereocenters. The molecule has 0 aliphatic heterocycles. The van der Waals surface area contributed by atoms with Crippen molar-refractivity contribution in [3.05, 3.63) is 95.3 Å². The standard InChI is InChI=1S/C25H21F3O/c1-3-25(2,19-7-9-20(26)10-8-19)16-4-5-18-6-15-23(28)24(17-18)29-22-13-11-21(27)12-14-22/h1,6-15,17H,4-5,16H2,2H3. The lowest BCUT2D eigenvalue weighted by Gasteiger charge is -2.24. The van der Waals surface area contributed by atoms with Crippen molar-refractivity contribution < 1.29 is 17.9 Å². The van der Waals surface area contributed by atoms with Crippen molar-refractivity contribution >= 4 is 0 Å². The van der Waals surface area contributed by atoms with Gasteiger partial charge in [-0.1, -0.05) is 24.1 Å². The summed E-state index contributed by atoms with van der Waals surface area (Å²) in [6.07, 6.45) is 7.89. The summed E-state index contributed by atoms with van der Waals surface area (Å²) in [4.78, 5) is 0. The minimum absolute atomic E-state index is 0.0901. The summed E-state index contributed by atoms with van der Waals surface area (Å²) in [5, 5.41) is 0. The molecule has 0 aromatic heterocycles. The highest BCUT2D eigenvalue weighted by molar-refractivity contribution is 5.36. The first-order valence-corrected chi connectivity index (χ1v) is 9.35. The van der Waals surface area contributed by atoms with Crippen molar-refractivity contribution in [3.63, 3.8) is 0 Å². The first kappa shape index (κ1) is 20.5. The Kier molecular flexibility index (Phi) is 6.29. The van der Waals surface area contributed by atoms with Crippen LogP contribution in [0.3, 0.4) is 0 Å². The predicted molar refractivity (Wildman–Crippen MR) is 108 cm³/mol. The van der Waals surface area contributed by atoms with E-state index in [0.717, 1.165) is 17.5 Å². The van der Waals surface area contributed by atoms with Crippen LogP contribution in [0.4, 0.5) is 13.2 Å². The molecule has 4 heteroatoms. The number of hydrogen-bond acceptors (Lipinski definition) is 1. The van der Waals surface area contributed by atoms with E-state index in [1.807, 2.05) is 6.92 Å². The van der Waals surface area contributed by atoms with Gasteiger partial charge in [0.05, 0.1) is 5.41 Å². The lowest BCUT2D eigenvalue weighted by atomic mass is 9.78. The zero-order valence-corrected chi connectivity index (χ0v) is 16.1. The molecule has 0 fully saturated rings. The Morgan fingerprint density at radius 1 is 0.897 bits per heavy atom. The van der Waals surface area contributed by atoms with Crippen LogP contribution in [0.2, 0.25) is 0 Å². The number of rotatable bonds is 7. The lowest BCUT2D eigenvalue weighted by molar-refractivity contribution is 0.440. The molecule has 0 radical (unpaired) electrons. The minimum Gasteiger partial charge on any atom is -0.454 e. The molecule has 0 bridgehead atoms. The molecule has 1 nitrogen and oxygen atoms in total. The Labute approximate surface area is 169 Å². The molecule has 0 saturated heterocycles. The molecule has 0 spiro atoms. The topological polar surface area (TPSA) is 9.23 Å². The largest absolute Gasteiger partial charge is 0.454 e. The Morgan fingerprint density at radius 2 is 1.52 bits per heavy atom. The summed E-state index contributed by atoms with van der Waals surface area (Å²) < 4.78 is 45.8. The fraction of sp³-hybridized carbons (Fsp3) is 0.200. The first-order chi connectivity index (χ1) is 13.9. The molecule has 0 aliphatic carbocycles. The third kappa shape index (κ3) is 5.20. The van der Waals surface area contributed by atoms with Gasteiger partial charge >= 0.3 is 0 Å². The van der Waals surface area contributed by atoms with E-state index in [-0.39, 0.29) is 17.4 Å². The smallest absolute Gasteiger partial charge is 0.165 e. The number of ether oxygens (including phenoxy) is 1. The number of halogens is 3. The molecule has 29 heavy (non-hydrogen) atoms. The summed E-state index contributed by atoms with van der Waals surface area (Å²) in [6.45, 7) is 1.95. The number of hydrogen-bond donors (Lipinski definition) is 0. The fourth-order valence-corrected chi connectivity index (χ4v) is 3.17. The SMILES string of the molecule is C#CC(C)(CCCc1ccc(F)c(Oc2ccc(F)cc2)c1)c1ccc(F)cc1. The third-order valence-corrected chi connectivity index (χ3v) is 4.98. The monoisotopic (exact) mass is 394 g/mol. The van der Waals surface area contributed by atoms with Crippen LogP contribution in [0, 0.1) is 29.8 Å². The second-order valence-electron chi connectivity index (χ2n) is 7.16. The average molecular weight is 394 g/mol. The van der Waals surface area contributed by atoms with Gasteiger partial charge in [-0.15, -0.1) is 6.42 Å². The maximum absolute atomic E-state index is 14.1. The molecule has 0 amide bonds. The van der Waals surface area contributed by atoms with Crippen LogP contribution in [0.25, 0.3) is 0 Å². The van der Waals surface area contributed by atoms with Crippen LogP contribution in [0.15, 0.2) is 66.7 Å². The van der Waals surface area contributed by atoms with E-state index in [2.05, 4.69) is 5.92 Å². The van der Waals surface area contributed by atoms with Crippen LogP contribution >= 0.6 is 0 Å². The van der Waals surface area contributed by atoms with Gasteiger partial charge in [-0.05, 0) is 85.8 Å². The number of aryl methyl sites for hydroxylation is 1. The van der Waals surface area contributed by atoms with Gasteiger partial charge in [0, 0.05) is 0 Å². The van der Waals surface area contributed by atoms with Crippen LogP contribution < -0.4 is 4.74 Å². The van der Waals surface area contributed by atoms with Crippen LogP contribution in [-0.4, -0.2) is 0 Å². The molecule has 0 saturated carbocycles. The van der Waals surface area contributed by atoms with Gasteiger partial charge in [0.2, 0.25) is 0 Å². The van der Waals surface area contributed by atoms with Gasteiger partial charge < -0.3 is 4.74 Å². The molecule has 3 rings (SSSR count). The summed E-state index contributed by atoms with van der Waals surface area (Å²) in [6, 6.07) is 16.3. The Morgan fingerprint density at radius 3 is 2.14 bits per heavy atom. The highest BCUT2D eigenvalue weighted by atomic mass is 19.1. The normalized spacial score (nSPS) is 12.8. The summed E-state index contributed by atoms with van der Waals surface area (Å²) >= 11 is 0. The zero-order valence-electron chi connectivity index (χ0n) is 16.1. The van der Waals surface area contributed by atoms with Gasteiger partial charge in [0.15, 0.2) is 11.6 Å². The lowest BCUT2D eigenvalue weighted by Crippen LogP contribution is -2.19. The van der Waals surface area contributed by atoms with Gasteiger partial charge in [-0.25, -0.2) is 13.2 Å². The van der Waals surface area contributed by atoms with E-state index in [9.17, 15) is 13.2 Å². The summed E-state index contributed by atoms with van der Waals surface area (Å²) in [7, 11) is 0. The van der Waals surface area contributed by atoms with Gasteiger partial charge in [-0.3, -0.25) is 0 Å². The van der Waals surface area contributed by atoms with Crippen molar-refractivity contribution in [2.24, 2.45) is 0 Å². The molecule has 148 valence electrons. The second-order valence-corrected chi connectivity index (χ2v) is 7.16. The van der Waals surface area contributed by atoms with E-state index in [1.165, 1.54) is 42.5 Å². The molecular weight excluding hydrogens is 373 g/mol. The van der Waals surface area contributed by atoms with E-state index in [1.54, 1.807) is 24.3 Å². The maximum atomic E-state index is 14.1. The molecule has 3 aromatic rings. The summed E-state index contributed by atoms with van der Waals surface area (Å²) in [5.74, 6) is 2.10. The van der Waals surface area contributed by atoms with E-state index in [4.69, 9.17) is 11.2 Å². The van der Waals surface area contributed by atoms with Crippen molar-refractivity contribution in [1.29, 1.82) is 0 Å². The molecule has 0 aliphatic rings. The molecular formula is C25H21F3O. The van der Waals surface area contributed by atoms with Gasteiger partial charge in [-0.2, -0.15) is 0 Å².